The Labute approximate surface area is 116 Å². The Morgan fingerprint density at radius 3 is 2.75 bits per heavy atom. The quantitative estimate of drug-likeness (QED) is 0.874. The van der Waals surface area contributed by atoms with Crippen molar-refractivity contribution in [2.24, 2.45) is 0 Å². The number of rotatable bonds is 5. The number of carboxylic acids is 1. The first-order chi connectivity index (χ1) is 9.63. The van der Waals surface area contributed by atoms with Crippen molar-refractivity contribution in [3.05, 3.63) is 42.1 Å². The van der Waals surface area contributed by atoms with Crippen LogP contribution in [0.1, 0.15) is 30.1 Å². The Kier molecular flexibility index (Phi) is 4.30. The van der Waals surface area contributed by atoms with E-state index in [0.29, 0.717) is 23.9 Å². The Hall–Kier alpha value is -2.43. The number of hydrogen-bond acceptors (Lipinski definition) is 3. The van der Waals surface area contributed by atoms with Crippen molar-refractivity contribution in [3.8, 4) is 0 Å². The minimum Gasteiger partial charge on any atom is -0.480 e. The molecule has 1 aromatic carbocycles. The van der Waals surface area contributed by atoms with Crippen LogP contribution in [0, 0.1) is 0 Å². The SMILES string of the molecule is CCCC(NC(=O)c1cccc2cccnc12)C(=O)O. The van der Waals surface area contributed by atoms with Gasteiger partial charge >= 0.3 is 5.97 Å². The van der Waals surface area contributed by atoms with Crippen molar-refractivity contribution in [2.45, 2.75) is 25.8 Å². The molecule has 0 bridgehead atoms. The molecule has 0 aliphatic heterocycles. The van der Waals surface area contributed by atoms with Crippen molar-refractivity contribution in [3.63, 3.8) is 0 Å². The third-order valence-corrected chi connectivity index (χ3v) is 3.06. The average Bonchev–Trinajstić information content (AvgIpc) is 2.46. The van der Waals surface area contributed by atoms with Gasteiger partial charge in [0.05, 0.1) is 11.1 Å². The summed E-state index contributed by atoms with van der Waals surface area (Å²) >= 11 is 0. The Balaban J connectivity index is 2.29. The van der Waals surface area contributed by atoms with E-state index in [2.05, 4.69) is 10.3 Å². The lowest BCUT2D eigenvalue weighted by Gasteiger charge is -2.14. The van der Waals surface area contributed by atoms with E-state index in [1.54, 1.807) is 24.4 Å². The molecule has 1 atom stereocenters. The number of aromatic nitrogens is 1. The highest BCUT2D eigenvalue weighted by atomic mass is 16.4. The monoisotopic (exact) mass is 272 g/mol. The highest BCUT2D eigenvalue weighted by molar-refractivity contribution is 6.06. The van der Waals surface area contributed by atoms with Crippen LogP contribution in [0.3, 0.4) is 0 Å². The van der Waals surface area contributed by atoms with E-state index in [9.17, 15) is 9.59 Å². The minimum atomic E-state index is -1.02. The van der Waals surface area contributed by atoms with E-state index in [1.165, 1.54) is 0 Å². The molecular formula is C15H16N2O3. The molecule has 5 nitrogen and oxygen atoms in total. The number of benzene rings is 1. The average molecular weight is 272 g/mol. The normalized spacial score (nSPS) is 12.1. The van der Waals surface area contributed by atoms with Gasteiger partial charge in [0.1, 0.15) is 6.04 Å². The Bertz CT molecular complexity index is 635. The topological polar surface area (TPSA) is 79.3 Å². The van der Waals surface area contributed by atoms with Crippen molar-refractivity contribution >= 4 is 22.8 Å². The summed E-state index contributed by atoms with van der Waals surface area (Å²) in [5.74, 6) is -1.43. The van der Waals surface area contributed by atoms with Gasteiger partial charge in [-0.3, -0.25) is 9.78 Å². The highest BCUT2D eigenvalue weighted by Crippen LogP contribution is 2.16. The first kappa shape index (κ1) is 14.0. The number of aliphatic carboxylic acids is 1. The largest absolute Gasteiger partial charge is 0.480 e. The molecule has 0 spiro atoms. The molecule has 1 unspecified atom stereocenters. The fourth-order valence-electron chi connectivity index (χ4n) is 2.07. The third-order valence-electron chi connectivity index (χ3n) is 3.06. The predicted octanol–water partition coefficient (Wildman–Crippen LogP) is 2.22. The summed E-state index contributed by atoms with van der Waals surface area (Å²) in [6.07, 6.45) is 2.70. The van der Waals surface area contributed by atoms with Crippen molar-refractivity contribution in [1.29, 1.82) is 0 Å². The van der Waals surface area contributed by atoms with Crippen LogP contribution in [0.5, 0.6) is 0 Å². The summed E-state index contributed by atoms with van der Waals surface area (Å²) < 4.78 is 0. The number of nitrogens with one attached hydrogen (secondary N) is 1. The summed E-state index contributed by atoms with van der Waals surface area (Å²) in [6.45, 7) is 1.88. The molecule has 20 heavy (non-hydrogen) atoms. The summed E-state index contributed by atoms with van der Waals surface area (Å²) in [5, 5.41) is 12.5. The van der Waals surface area contributed by atoms with E-state index in [1.807, 2.05) is 19.1 Å². The van der Waals surface area contributed by atoms with Gasteiger partial charge in [-0.15, -0.1) is 0 Å². The van der Waals surface area contributed by atoms with Crippen molar-refractivity contribution in [2.75, 3.05) is 0 Å². The number of hydrogen-bond donors (Lipinski definition) is 2. The molecule has 0 radical (unpaired) electrons. The number of carboxylic acid groups (broad SMARTS) is 1. The maximum absolute atomic E-state index is 12.2. The van der Waals surface area contributed by atoms with E-state index in [4.69, 9.17) is 5.11 Å². The van der Waals surface area contributed by atoms with E-state index in [0.717, 1.165) is 5.39 Å². The zero-order chi connectivity index (χ0) is 14.5. The van der Waals surface area contributed by atoms with Crippen LogP contribution in [0.4, 0.5) is 0 Å². The first-order valence-electron chi connectivity index (χ1n) is 6.51. The van der Waals surface area contributed by atoms with Crippen LogP contribution in [0.25, 0.3) is 10.9 Å². The number of carbonyl (C=O) groups is 2. The lowest BCUT2D eigenvalue weighted by molar-refractivity contribution is -0.139. The van der Waals surface area contributed by atoms with Crippen LogP contribution in [-0.2, 0) is 4.79 Å². The van der Waals surface area contributed by atoms with Gasteiger partial charge in [0.25, 0.3) is 5.91 Å². The van der Waals surface area contributed by atoms with Crippen LogP contribution in [0.2, 0.25) is 0 Å². The number of fused-ring (bicyclic) bond motifs is 1. The first-order valence-corrected chi connectivity index (χ1v) is 6.51. The zero-order valence-electron chi connectivity index (χ0n) is 11.2. The molecule has 2 rings (SSSR count). The van der Waals surface area contributed by atoms with Crippen LogP contribution in [-0.4, -0.2) is 28.0 Å². The summed E-state index contributed by atoms with van der Waals surface area (Å²) in [7, 11) is 0. The standard InChI is InChI=1S/C15H16N2O3/c1-2-5-12(15(19)20)17-14(18)11-8-3-6-10-7-4-9-16-13(10)11/h3-4,6-9,12H,2,5H2,1H3,(H,17,18)(H,19,20). The molecule has 0 aliphatic rings. The molecule has 0 aliphatic carbocycles. The molecule has 104 valence electrons. The lowest BCUT2D eigenvalue weighted by atomic mass is 10.1. The second-order valence-corrected chi connectivity index (χ2v) is 4.53. The molecule has 0 saturated heterocycles. The maximum atomic E-state index is 12.2. The van der Waals surface area contributed by atoms with Crippen molar-refractivity contribution < 1.29 is 14.7 Å². The minimum absolute atomic E-state index is 0.394. The molecule has 2 N–H and O–H groups in total. The third kappa shape index (κ3) is 2.93. The molecule has 1 amide bonds. The van der Waals surface area contributed by atoms with Gasteiger partial charge in [0, 0.05) is 11.6 Å². The second kappa shape index (κ2) is 6.14. The Morgan fingerprint density at radius 2 is 2.05 bits per heavy atom. The van der Waals surface area contributed by atoms with E-state index in [-0.39, 0.29) is 0 Å². The fraction of sp³-hybridized carbons (Fsp3) is 0.267. The summed E-state index contributed by atoms with van der Waals surface area (Å²) in [4.78, 5) is 27.5. The molecule has 5 heteroatoms. The number of pyridine rings is 1. The highest BCUT2D eigenvalue weighted by Gasteiger charge is 2.20. The number of amides is 1. The van der Waals surface area contributed by atoms with Gasteiger partial charge in [0.15, 0.2) is 0 Å². The van der Waals surface area contributed by atoms with Crippen LogP contribution >= 0.6 is 0 Å². The lowest BCUT2D eigenvalue weighted by Crippen LogP contribution is -2.40. The molecule has 2 aromatic rings. The van der Waals surface area contributed by atoms with E-state index >= 15 is 0 Å². The molecule has 1 aromatic heterocycles. The predicted molar refractivity (Wildman–Crippen MR) is 75.5 cm³/mol. The van der Waals surface area contributed by atoms with Crippen molar-refractivity contribution in [1.82, 2.24) is 10.3 Å². The van der Waals surface area contributed by atoms with Gasteiger partial charge in [-0.05, 0) is 18.6 Å². The van der Waals surface area contributed by atoms with Crippen LogP contribution < -0.4 is 5.32 Å². The van der Waals surface area contributed by atoms with Gasteiger partial charge in [0.2, 0.25) is 0 Å². The number of para-hydroxylation sites is 1. The molecular weight excluding hydrogens is 256 g/mol. The van der Waals surface area contributed by atoms with Gasteiger partial charge < -0.3 is 10.4 Å². The van der Waals surface area contributed by atoms with Gasteiger partial charge in [-0.1, -0.05) is 31.5 Å². The smallest absolute Gasteiger partial charge is 0.326 e. The van der Waals surface area contributed by atoms with E-state index < -0.39 is 17.9 Å². The number of nitrogens with zero attached hydrogens (tertiary/aromatic N) is 1. The molecule has 0 fully saturated rings. The van der Waals surface area contributed by atoms with Gasteiger partial charge in [-0.2, -0.15) is 0 Å². The maximum Gasteiger partial charge on any atom is 0.326 e. The molecule has 0 saturated carbocycles. The molecule has 1 heterocycles. The zero-order valence-corrected chi connectivity index (χ0v) is 11.2. The Morgan fingerprint density at radius 1 is 1.30 bits per heavy atom. The second-order valence-electron chi connectivity index (χ2n) is 4.53. The van der Waals surface area contributed by atoms with Gasteiger partial charge in [-0.25, -0.2) is 4.79 Å². The fourth-order valence-corrected chi connectivity index (χ4v) is 2.07. The summed E-state index contributed by atoms with van der Waals surface area (Å²) in [6, 6.07) is 8.05. The number of carbonyl (C=O) groups excluding carboxylic acids is 1. The summed E-state index contributed by atoms with van der Waals surface area (Å²) in [5.41, 5.74) is 0.971. The van der Waals surface area contributed by atoms with Crippen LogP contribution in [0.15, 0.2) is 36.5 Å².